The zero-order valence-corrected chi connectivity index (χ0v) is 9.96. The molecule has 0 atom stereocenters. The summed E-state index contributed by atoms with van der Waals surface area (Å²) in [4.78, 5) is 12.4. The van der Waals surface area contributed by atoms with Gasteiger partial charge in [-0.3, -0.25) is 0 Å². The molecule has 0 bridgehead atoms. The molecule has 1 heterocycles. The van der Waals surface area contributed by atoms with Gasteiger partial charge in [0, 0.05) is 12.2 Å². The summed E-state index contributed by atoms with van der Waals surface area (Å²) in [5.74, 6) is 1.47. The van der Waals surface area contributed by atoms with Gasteiger partial charge in [-0.25, -0.2) is 9.18 Å². The normalized spacial score (nSPS) is 16.1. The maximum absolute atomic E-state index is 13.4. The van der Waals surface area contributed by atoms with Crippen LogP contribution in [-0.2, 0) is 9.53 Å². The molecular formula is C11H9BrFNO2. The lowest BCUT2D eigenvalue weighted by Crippen LogP contribution is -2.34. The number of rotatable bonds is 1. The zero-order chi connectivity index (χ0) is 11.5. The van der Waals surface area contributed by atoms with Crippen LogP contribution >= 0.6 is 15.9 Å². The van der Waals surface area contributed by atoms with E-state index in [1.54, 1.807) is 17.0 Å². The number of anilines is 1. The van der Waals surface area contributed by atoms with E-state index in [0.29, 0.717) is 29.0 Å². The fraction of sp³-hybridized carbons (Fsp3) is 0.273. The molecule has 0 amide bonds. The number of morpholine rings is 1. The first-order valence-electron chi connectivity index (χ1n) is 4.76. The largest absolute Gasteiger partial charge is 0.373 e. The number of hydrogen-bond acceptors (Lipinski definition) is 3. The fourth-order valence-corrected chi connectivity index (χ4v) is 1.81. The van der Waals surface area contributed by atoms with Crippen LogP contribution in [0.2, 0.25) is 0 Å². The van der Waals surface area contributed by atoms with Crippen LogP contribution in [0.1, 0.15) is 0 Å². The van der Waals surface area contributed by atoms with E-state index in [9.17, 15) is 9.18 Å². The van der Waals surface area contributed by atoms with Crippen LogP contribution in [0.15, 0.2) is 28.4 Å². The van der Waals surface area contributed by atoms with Gasteiger partial charge in [0.1, 0.15) is 17.5 Å². The summed E-state index contributed by atoms with van der Waals surface area (Å²) in [5.41, 5.74) is 1.04. The molecule has 0 saturated carbocycles. The van der Waals surface area contributed by atoms with Crippen LogP contribution in [0, 0.1) is 5.82 Å². The quantitative estimate of drug-likeness (QED) is 0.741. The fourth-order valence-electron chi connectivity index (χ4n) is 1.56. The van der Waals surface area contributed by atoms with Gasteiger partial charge in [-0.05, 0) is 34.1 Å². The van der Waals surface area contributed by atoms with Crippen LogP contribution in [0.4, 0.5) is 10.1 Å². The Labute approximate surface area is 101 Å². The highest BCUT2D eigenvalue weighted by Crippen LogP contribution is 2.25. The van der Waals surface area contributed by atoms with Gasteiger partial charge in [-0.2, -0.15) is 0 Å². The molecule has 84 valence electrons. The molecule has 1 aliphatic rings. The molecule has 1 aromatic rings. The highest BCUT2D eigenvalue weighted by Gasteiger charge is 2.18. The minimum atomic E-state index is -0.353. The van der Waals surface area contributed by atoms with Crippen molar-refractivity contribution in [3.05, 3.63) is 34.2 Å². The van der Waals surface area contributed by atoms with E-state index in [1.165, 1.54) is 6.07 Å². The zero-order valence-electron chi connectivity index (χ0n) is 8.37. The number of hydrogen-bond donors (Lipinski definition) is 0. The summed E-state index contributed by atoms with van der Waals surface area (Å²) in [7, 11) is 0. The molecule has 1 fully saturated rings. The highest BCUT2D eigenvalue weighted by atomic mass is 79.9. The molecule has 0 N–H and O–H groups in total. The van der Waals surface area contributed by atoms with Crippen molar-refractivity contribution in [1.29, 1.82) is 0 Å². The maximum atomic E-state index is 13.4. The third-order valence-electron chi connectivity index (χ3n) is 2.36. The monoisotopic (exact) mass is 285 g/mol. The number of halogens is 2. The summed E-state index contributed by atoms with van der Waals surface area (Å²) >= 11 is 3.08. The maximum Gasteiger partial charge on any atom is 0.148 e. The van der Waals surface area contributed by atoms with Crippen molar-refractivity contribution in [3.63, 3.8) is 0 Å². The molecule has 0 aromatic heterocycles. The van der Waals surface area contributed by atoms with Crippen molar-refractivity contribution in [2.75, 3.05) is 24.7 Å². The standard InChI is InChI=1S/C11H9BrFNO2/c12-10-2-1-8(5-11(10)13)14-3-4-16-7-9(14)6-15/h1-2,5H,3-4,7H2. The van der Waals surface area contributed by atoms with E-state index in [0.717, 1.165) is 0 Å². The SMILES string of the molecule is O=C=C1COCCN1c1ccc(Br)c(F)c1. The number of nitrogens with zero attached hydrogens (tertiary/aromatic N) is 1. The molecule has 2 rings (SSSR count). The Morgan fingerprint density at radius 3 is 3.00 bits per heavy atom. The summed E-state index contributed by atoms with van der Waals surface area (Å²) in [6, 6.07) is 4.74. The van der Waals surface area contributed by atoms with Crippen LogP contribution in [0.25, 0.3) is 0 Å². The Balaban J connectivity index is 2.35. The van der Waals surface area contributed by atoms with E-state index in [4.69, 9.17) is 4.74 Å². The first-order chi connectivity index (χ1) is 7.72. The van der Waals surface area contributed by atoms with Crippen LogP contribution in [0.5, 0.6) is 0 Å². The molecule has 1 saturated heterocycles. The van der Waals surface area contributed by atoms with Gasteiger partial charge < -0.3 is 9.64 Å². The van der Waals surface area contributed by atoms with Gasteiger partial charge in [-0.15, -0.1) is 0 Å². The molecule has 0 spiro atoms. The van der Waals surface area contributed by atoms with Gasteiger partial charge in [-0.1, -0.05) is 0 Å². The predicted octanol–water partition coefficient (Wildman–Crippen LogP) is 2.14. The first kappa shape index (κ1) is 11.3. The smallest absolute Gasteiger partial charge is 0.148 e. The third-order valence-corrected chi connectivity index (χ3v) is 3.00. The van der Waals surface area contributed by atoms with Crippen molar-refractivity contribution in [3.8, 4) is 0 Å². The Kier molecular flexibility index (Phi) is 3.39. The average Bonchev–Trinajstić information content (AvgIpc) is 2.32. The summed E-state index contributed by atoms with van der Waals surface area (Å²) in [6.45, 7) is 1.27. The Morgan fingerprint density at radius 1 is 1.50 bits per heavy atom. The topological polar surface area (TPSA) is 29.5 Å². The lowest BCUT2D eigenvalue weighted by Gasteiger charge is -2.29. The molecule has 1 aromatic carbocycles. The minimum absolute atomic E-state index is 0.223. The predicted molar refractivity (Wildman–Crippen MR) is 61.5 cm³/mol. The second-order valence-corrected chi connectivity index (χ2v) is 4.21. The molecule has 16 heavy (non-hydrogen) atoms. The van der Waals surface area contributed by atoms with E-state index in [-0.39, 0.29) is 12.4 Å². The Morgan fingerprint density at radius 2 is 2.31 bits per heavy atom. The molecule has 3 nitrogen and oxygen atoms in total. The molecular weight excluding hydrogens is 277 g/mol. The molecule has 0 radical (unpaired) electrons. The molecule has 0 aliphatic carbocycles. The van der Waals surface area contributed by atoms with E-state index >= 15 is 0 Å². The van der Waals surface area contributed by atoms with Gasteiger partial charge >= 0.3 is 0 Å². The minimum Gasteiger partial charge on any atom is -0.373 e. The van der Waals surface area contributed by atoms with E-state index in [1.807, 2.05) is 5.94 Å². The first-order valence-corrected chi connectivity index (χ1v) is 5.56. The van der Waals surface area contributed by atoms with Gasteiger partial charge in [0.25, 0.3) is 0 Å². The van der Waals surface area contributed by atoms with Crippen molar-refractivity contribution in [2.45, 2.75) is 0 Å². The van der Waals surface area contributed by atoms with Crippen LogP contribution in [0.3, 0.4) is 0 Å². The van der Waals surface area contributed by atoms with Crippen molar-refractivity contribution >= 4 is 27.6 Å². The average molecular weight is 286 g/mol. The third kappa shape index (κ3) is 2.16. The van der Waals surface area contributed by atoms with Gasteiger partial charge in [0.2, 0.25) is 0 Å². The van der Waals surface area contributed by atoms with Gasteiger partial charge in [0.05, 0.1) is 17.7 Å². The van der Waals surface area contributed by atoms with Gasteiger partial charge in [0.15, 0.2) is 0 Å². The lowest BCUT2D eigenvalue weighted by atomic mass is 10.2. The number of ether oxygens (including phenoxy) is 1. The van der Waals surface area contributed by atoms with E-state index in [2.05, 4.69) is 15.9 Å². The summed E-state index contributed by atoms with van der Waals surface area (Å²) < 4.78 is 18.9. The molecule has 5 heteroatoms. The molecule has 0 unspecified atom stereocenters. The Bertz CT molecular complexity index is 457. The number of benzene rings is 1. The summed E-state index contributed by atoms with van der Waals surface area (Å²) in [5, 5.41) is 0. The summed E-state index contributed by atoms with van der Waals surface area (Å²) in [6.07, 6.45) is 0. The van der Waals surface area contributed by atoms with Crippen molar-refractivity contribution in [1.82, 2.24) is 0 Å². The van der Waals surface area contributed by atoms with Crippen LogP contribution in [-0.4, -0.2) is 25.7 Å². The second-order valence-electron chi connectivity index (χ2n) is 3.35. The Hall–Kier alpha value is -1.16. The highest BCUT2D eigenvalue weighted by molar-refractivity contribution is 9.10. The van der Waals surface area contributed by atoms with Crippen LogP contribution < -0.4 is 4.90 Å². The van der Waals surface area contributed by atoms with Crippen molar-refractivity contribution in [2.24, 2.45) is 0 Å². The number of carbonyl (C=O) groups excluding carboxylic acids is 1. The molecule has 1 aliphatic heterocycles. The van der Waals surface area contributed by atoms with Crippen molar-refractivity contribution < 1.29 is 13.9 Å². The second kappa shape index (κ2) is 4.78. The lowest BCUT2D eigenvalue weighted by molar-refractivity contribution is 0.143. The van der Waals surface area contributed by atoms with E-state index < -0.39 is 0 Å².